The molecule has 3 heteroatoms. The van der Waals surface area contributed by atoms with Gasteiger partial charge < -0.3 is 4.55 Å². The normalized spacial score (nSPS) is 16.6. The molecular weight excluding hydrogens is 134 g/mol. The van der Waals surface area contributed by atoms with Crippen molar-refractivity contribution >= 4 is 11.4 Å². The molecule has 0 aromatic rings. The van der Waals surface area contributed by atoms with Crippen LogP contribution in [0.3, 0.4) is 0 Å². The van der Waals surface area contributed by atoms with Gasteiger partial charge in [0.1, 0.15) is 0 Å². The summed E-state index contributed by atoms with van der Waals surface area (Å²) in [6, 6.07) is 0. The molecule has 0 aliphatic heterocycles. The zero-order valence-corrected chi connectivity index (χ0v) is 6.87. The van der Waals surface area contributed by atoms with Crippen LogP contribution in [-0.2, 0) is 11.4 Å². The van der Waals surface area contributed by atoms with Crippen LogP contribution in [0.1, 0.15) is 20.8 Å². The molecule has 2 N–H and O–H groups in total. The average molecular weight is 147 g/mol. The summed E-state index contributed by atoms with van der Waals surface area (Å²) in [7, 11) is 0. The summed E-state index contributed by atoms with van der Waals surface area (Å²) >= 11 is -1.26. The third-order valence-electron chi connectivity index (χ3n) is 1.09. The van der Waals surface area contributed by atoms with Crippen LogP contribution in [0.4, 0.5) is 0 Å². The topological polar surface area (TPSA) is 49.1 Å². The lowest BCUT2D eigenvalue weighted by Crippen LogP contribution is -2.35. The zero-order valence-electron chi connectivity index (χ0n) is 6.05. The first-order valence-electron chi connectivity index (χ1n) is 2.81. The standard InChI is InChI=1S/C6H13NOS/c1-4-5-6(2,3)9(7)8/h4-5H,7H2,1-3H3/b5-4+. The van der Waals surface area contributed by atoms with Crippen molar-refractivity contribution in [1.29, 1.82) is 0 Å². The molecule has 2 nitrogen and oxygen atoms in total. The van der Waals surface area contributed by atoms with Gasteiger partial charge in [0, 0.05) is 11.4 Å². The third kappa shape index (κ3) is 2.89. The molecule has 0 saturated heterocycles. The molecule has 0 aliphatic rings. The monoisotopic (exact) mass is 147 g/mol. The van der Waals surface area contributed by atoms with Crippen molar-refractivity contribution in [3.8, 4) is 0 Å². The van der Waals surface area contributed by atoms with Crippen LogP contribution in [0.15, 0.2) is 12.2 Å². The molecule has 0 rings (SSSR count). The first kappa shape index (κ1) is 9.01. The van der Waals surface area contributed by atoms with Gasteiger partial charge in [-0.2, -0.15) is 5.14 Å². The summed E-state index contributed by atoms with van der Waals surface area (Å²) in [6.07, 6.45) is 3.69. The molecule has 0 amide bonds. The van der Waals surface area contributed by atoms with Crippen LogP contribution in [0, 0.1) is 0 Å². The molecular formula is C6H13NOS. The van der Waals surface area contributed by atoms with Gasteiger partial charge in [-0.15, -0.1) is 0 Å². The van der Waals surface area contributed by atoms with E-state index in [9.17, 15) is 4.55 Å². The minimum atomic E-state index is -1.26. The van der Waals surface area contributed by atoms with E-state index in [-0.39, 0.29) is 4.75 Å². The summed E-state index contributed by atoms with van der Waals surface area (Å²) in [6.45, 7) is 5.56. The minimum Gasteiger partial charge on any atom is -0.598 e. The van der Waals surface area contributed by atoms with E-state index in [4.69, 9.17) is 5.14 Å². The van der Waals surface area contributed by atoms with Crippen LogP contribution in [-0.4, -0.2) is 9.30 Å². The van der Waals surface area contributed by atoms with Gasteiger partial charge in [0.2, 0.25) is 0 Å². The Labute approximate surface area is 59.4 Å². The molecule has 0 bridgehead atoms. The van der Waals surface area contributed by atoms with Crippen molar-refractivity contribution in [2.45, 2.75) is 25.5 Å². The maximum atomic E-state index is 10.7. The Morgan fingerprint density at radius 1 is 1.56 bits per heavy atom. The second-order valence-corrected chi connectivity index (χ2v) is 4.05. The van der Waals surface area contributed by atoms with Crippen molar-refractivity contribution in [1.82, 2.24) is 0 Å². The molecule has 1 unspecified atom stereocenters. The average Bonchev–Trinajstić information content (AvgIpc) is 1.65. The van der Waals surface area contributed by atoms with Gasteiger partial charge in [-0.3, -0.25) is 0 Å². The Morgan fingerprint density at radius 3 is 2.11 bits per heavy atom. The lowest BCUT2D eigenvalue weighted by atomic mass is 10.2. The molecule has 9 heavy (non-hydrogen) atoms. The van der Waals surface area contributed by atoms with E-state index in [1.807, 2.05) is 32.9 Å². The predicted molar refractivity (Wildman–Crippen MR) is 41.2 cm³/mol. The van der Waals surface area contributed by atoms with Crippen molar-refractivity contribution in [2.75, 3.05) is 0 Å². The maximum absolute atomic E-state index is 10.7. The first-order chi connectivity index (χ1) is 4.00. The zero-order chi connectivity index (χ0) is 7.49. The number of rotatable bonds is 2. The van der Waals surface area contributed by atoms with E-state index in [0.29, 0.717) is 0 Å². The molecule has 0 spiro atoms. The van der Waals surface area contributed by atoms with Gasteiger partial charge in [0.15, 0.2) is 4.75 Å². The number of hydrogen-bond donors (Lipinski definition) is 1. The first-order valence-corrected chi connectivity index (χ1v) is 4.02. The Hall–Kier alpha value is 0.01000. The lowest BCUT2D eigenvalue weighted by molar-refractivity contribution is 0.573. The fourth-order valence-corrected chi connectivity index (χ4v) is 0.739. The van der Waals surface area contributed by atoms with Gasteiger partial charge in [-0.1, -0.05) is 6.08 Å². The van der Waals surface area contributed by atoms with E-state index in [2.05, 4.69) is 0 Å². The highest BCUT2D eigenvalue weighted by molar-refractivity contribution is 7.90. The summed E-state index contributed by atoms with van der Waals surface area (Å²) < 4.78 is 10.3. The highest BCUT2D eigenvalue weighted by Gasteiger charge is 2.25. The second-order valence-electron chi connectivity index (χ2n) is 2.40. The van der Waals surface area contributed by atoms with Crippen molar-refractivity contribution in [2.24, 2.45) is 5.14 Å². The predicted octanol–water partition coefficient (Wildman–Crippen LogP) is 0.964. The fourth-order valence-electron chi connectivity index (χ4n) is 0.468. The van der Waals surface area contributed by atoms with Gasteiger partial charge in [0.05, 0.1) is 0 Å². The van der Waals surface area contributed by atoms with E-state index in [1.54, 1.807) is 0 Å². The highest BCUT2D eigenvalue weighted by atomic mass is 32.2. The van der Waals surface area contributed by atoms with Crippen molar-refractivity contribution in [3.05, 3.63) is 12.2 Å². The van der Waals surface area contributed by atoms with E-state index in [0.717, 1.165) is 0 Å². The second kappa shape index (κ2) is 3.25. The Morgan fingerprint density at radius 2 is 2.00 bits per heavy atom. The fraction of sp³-hybridized carbons (Fsp3) is 0.667. The Kier molecular flexibility index (Phi) is 3.25. The van der Waals surface area contributed by atoms with Gasteiger partial charge in [-0.05, 0) is 26.8 Å². The molecule has 1 atom stereocenters. The molecule has 54 valence electrons. The highest BCUT2D eigenvalue weighted by Crippen LogP contribution is 2.13. The number of nitrogens with two attached hydrogens (primary N) is 1. The Bertz CT molecular complexity index is 110. The summed E-state index contributed by atoms with van der Waals surface area (Å²) in [4.78, 5) is 0. The number of allylic oxidation sites excluding steroid dienone is 1. The molecule has 0 fully saturated rings. The lowest BCUT2D eigenvalue weighted by Gasteiger charge is -2.19. The summed E-state index contributed by atoms with van der Waals surface area (Å²) in [5.41, 5.74) is 0. The van der Waals surface area contributed by atoms with Crippen molar-refractivity contribution in [3.63, 3.8) is 0 Å². The quantitative estimate of drug-likeness (QED) is 0.467. The van der Waals surface area contributed by atoms with E-state index < -0.39 is 11.4 Å². The maximum Gasteiger partial charge on any atom is 0.157 e. The molecule has 0 saturated carbocycles. The van der Waals surface area contributed by atoms with Crippen LogP contribution >= 0.6 is 0 Å². The van der Waals surface area contributed by atoms with Crippen LogP contribution in [0.25, 0.3) is 0 Å². The van der Waals surface area contributed by atoms with E-state index in [1.165, 1.54) is 0 Å². The molecule has 0 aromatic carbocycles. The summed E-state index contributed by atoms with van der Waals surface area (Å²) in [5.74, 6) is 0. The van der Waals surface area contributed by atoms with Gasteiger partial charge >= 0.3 is 0 Å². The molecule has 0 radical (unpaired) electrons. The number of hydrogen-bond acceptors (Lipinski definition) is 2. The van der Waals surface area contributed by atoms with Crippen LogP contribution in [0.5, 0.6) is 0 Å². The smallest absolute Gasteiger partial charge is 0.157 e. The SMILES string of the molecule is C/C=C/C(C)(C)[S+](N)[O-]. The van der Waals surface area contributed by atoms with Crippen LogP contribution < -0.4 is 5.14 Å². The molecule has 0 aliphatic carbocycles. The largest absolute Gasteiger partial charge is 0.598 e. The summed E-state index contributed by atoms with van der Waals surface area (Å²) in [5, 5.41) is 5.18. The van der Waals surface area contributed by atoms with Crippen LogP contribution in [0.2, 0.25) is 0 Å². The molecule has 0 heterocycles. The van der Waals surface area contributed by atoms with E-state index >= 15 is 0 Å². The minimum absolute atomic E-state index is 0.380. The third-order valence-corrected chi connectivity index (χ3v) is 2.26. The van der Waals surface area contributed by atoms with Gasteiger partial charge in [0.25, 0.3) is 0 Å². The Balaban J connectivity index is 4.01. The van der Waals surface area contributed by atoms with Gasteiger partial charge in [-0.25, -0.2) is 0 Å². The van der Waals surface area contributed by atoms with Crippen molar-refractivity contribution < 1.29 is 4.55 Å². The molecule has 0 aromatic heterocycles.